The molecule has 0 aliphatic heterocycles. The molecule has 22 heavy (non-hydrogen) atoms. The van der Waals surface area contributed by atoms with Crippen molar-refractivity contribution in [2.45, 2.75) is 56.5 Å². The van der Waals surface area contributed by atoms with Gasteiger partial charge >= 0.3 is 18.0 Å². The number of hydrogen-bond donors (Lipinski definition) is 0. The maximum atomic E-state index is 13.6. The van der Waals surface area contributed by atoms with Gasteiger partial charge in [0.25, 0.3) is 0 Å². The quantitative estimate of drug-likeness (QED) is 0.630. The number of alkyl halides is 7. The van der Waals surface area contributed by atoms with E-state index >= 15 is 0 Å². The van der Waals surface area contributed by atoms with Crippen LogP contribution in [0.5, 0.6) is 0 Å². The first-order valence-corrected chi connectivity index (χ1v) is 6.87. The first-order chi connectivity index (χ1) is 9.96. The molecule has 124 valence electrons. The Morgan fingerprint density at radius 2 is 1.68 bits per heavy atom. The predicted molar refractivity (Wildman–Crippen MR) is 67.4 cm³/mol. The smallest absolute Gasteiger partial charge is 0.199 e. The van der Waals surface area contributed by atoms with E-state index in [1.165, 1.54) is 0 Å². The van der Waals surface area contributed by atoms with E-state index in [9.17, 15) is 30.7 Å². The van der Waals surface area contributed by atoms with Crippen LogP contribution in [0.4, 0.5) is 30.7 Å². The molecule has 1 aliphatic rings. The molecular weight excluding hydrogens is 313 g/mol. The highest BCUT2D eigenvalue weighted by Crippen LogP contribution is 2.51. The third-order valence-electron chi connectivity index (χ3n) is 4.06. The molecular formula is C15H15F7. The van der Waals surface area contributed by atoms with Crippen LogP contribution in [0.15, 0.2) is 18.2 Å². The van der Waals surface area contributed by atoms with Gasteiger partial charge in [0.2, 0.25) is 0 Å². The Labute approximate surface area is 123 Å². The largest absolute Gasteiger partial charge is 0.459 e. The maximum Gasteiger partial charge on any atom is 0.459 e. The van der Waals surface area contributed by atoms with E-state index in [1.54, 1.807) is 25.1 Å². The highest BCUT2D eigenvalue weighted by atomic mass is 19.4. The Hall–Kier alpha value is -1.27. The van der Waals surface area contributed by atoms with Crippen LogP contribution in [0, 0.1) is 6.92 Å². The molecule has 1 aromatic carbocycles. The molecule has 0 unspecified atom stereocenters. The molecule has 7 heteroatoms. The van der Waals surface area contributed by atoms with Gasteiger partial charge in [-0.3, -0.25) is 0 Å². The van der Waals surface area contributed by atoms with Crippen molar-refractivity contribution >= 4 is 0 Å². The van der Waals surface area contributed by atoms with Crippen molar-refractivity contribution in [3.63, 3.8) is 0 Å². The Balaban J connectivity index is 2.30. The van der Waals surface area contributed by atoms with Crippen LogP contribution in [-0.4, -0.2) is 18.0 Å². The van der Waals surface area contributed by atoms with Gasteiger partial charge in [-0.1, -0.05) is 23.8 Å². The van der Waals surface area contributed by atoms with E-state index in [1.807, 2.05) is 0 Å². The topological polar surface area (TPSA) is 0 Å². The lowest BCUT2D eigenvalue weighted by Crippen LogP contribution is -2.52. The Kier molecular flexibility index (Phi) is 4.21. The normalized spacial score (nSPS) is 19.9. The molecule has 0 radical (unpaired) electrons. The third kappa shape index (κ3) is 2.94. The van der Waals surface area contributed by atoms with Crippen LogP contribution in [0.1, 0.15) is 41.9 Å². The van der Waals surface area contributed by atoms with Gasteiger partial charge in [0.05, 0.1) is 0 Å². The maximum absolute atomic E-state index is 13.6. The molecule has 0 heterocycles. The molecule has 0 bridgehead atoms. The van der Waals surface area contributed by atoms with Crippen LogP contribution < -0.4 is 0 Å². The van der Waals surface area contributed by atoms with Crippen molar-refractivity contribution in [2.75, 3.05) is 0 Å². The summed E-state index contributed by atoms with van der Waals surface area (Å²) in [5, 5.41) is 0. The summed E-state index contributed by atoms with van der Waals surface area (Å²) in [7, 11) is 0. The van der Waals surface area contributed by atoms with Gasteiger partial charge in [-0.15, -0.1) is 0 Å². The minimum absolute atomic E-state index is 0.181. The van der Waals surface area contributed by atoms with Gasteiger partial charge in [-0.2, -0.15) is 30.7 Å². The fraction of sp³-hybridized carbons (Fsp3) is 0.600. The summed E-state index contributed by atoms with van der Waals surface area (Å²) in [6.07, 6.45) is -6.47. The molecule has 0 nitrogen and oxygen atoms in total. The highest BCUT2D eigenvalue weighted by molar-refractivity contribution is 5.36. The van der Waals surface area contributed by atoms with E-state index in [2.05, 4.69) is 0 Å². The van der Waals surface area contributed by atoms with Crippen molar-refractivity contribution in [3.05, 3.63) is 34.9 Å². The number of rotatable bonds is 3. The lowest BCUT2D eigenvalue weighted by molar-refractivity contribution is -0.356. The molecule has 0 amide bonds. The van der Waals surface area contributed by atoms with Crippen molar-refractivity contribution in [1.82, 2.24) is 0 Å². The van der Waals surface area contributed by atoms with E-state index in [4.69, 9.17) is 0 Å². The van der Waals surface area contributed by atoms with Crippen molar-refractivity contribution in [3.8, 4) is 0 Å². The van der Waals surface area contributed by atoms with E-state index in [0.717, 1.165) is 11.1 Å². The summed E-state index contributed by atoms with van der Waals surface area (Å²) < 4.78 is 89.9. The fourth-order valence-corrected chi connectivity index (χ4v) is 2.87. The lowest BCUT2D eigenvalue weighted by atomic mass is 9.78. The molecule has 1 aromatic rings. The average Bonchev–Trinajstić information content (AvgIpc) is 2.37. The number of hydrogen-bond acceptors (Lipinski definition) is 0. The van der Waals surface area contributed by atoms with Crippen LogP contribution in [0.25, 0.3) is 0 Å². The first-order valence-electron chi connectivity index (χ1n) is 6.87. The van der Waals surface area contributed by atoms with Crippen LogP contribution >= 0.6 is 0 Å². The summed E-state index contributed by atoms with van der Waals surface area (Å²) in [5.74, 6) is -12.2. The zero-order valence-corrected chi connectivity index (χ0v) is 11.8. The molecule has 0 spiro atoms. The van der Waals surface area contributed by atoms with Crippen LogP contribution in [-0.2, 0) is 6.42 Å². The van der Waals surface area contributed by atoms with Gasteiger partial charge < -0.3 is 0 Å². The van der Waals surface area contributed by atoms with E-state index in [-0.39, 0.29) is 6.42 Å². The lowest BCUT2D eigenvalue weighted by Gasteiger charge is -2.33. The summed E-state index contributed by atoms with van der Waals surface area (Å²) in [6.45, 7) is 1.72. The fourth-order valence-electron chi connectivity index (χ4n) is 2.87. The van der Waals surface area contributed by atoms with Gasteiger partial charge in [0, 0.05) is 6.42 Å². The summed E-state index contributed by atoms with van der Waals surface area (Å²) in [6, 6.07) is 5.08. The molecule has 0 N–H and O–H groups in total. The zero-order valence-electron chi connectivity index (χ0n) is 11.8. The molecule has 0 fully saturated rings. The molecule has 1 atom stereocenters. The van der Waals surface area contributed by atoms with Gasteiger partial charge in [-0.05, 0) is 43.2 Å². The van der Waals surface area contributed by atoms with E-state index < -0.39 is 30.4 Å². The van der Waals surface area contributed by atoms with Crippen molar-refractivity contribution in [1.29, 1.82) is 0 Å². The summed E-state index contributed by atoms with van der Waals surface area (Å²) >= 11 is 0. The Morgan fingerprint density at radius 1 is 1.05 bits per heavy atom. The molecule has 0 saturated carbocycles. The minimum atomic E-state index is -6.26. The summed E-state index contributed by atoms with van der Waals surface area (Å²) in [5.41, 5.74) is 1.97. The molecule has 0 aromatic heterocycles. The standard InChI is InChI=1S/C15H15F7/c1-9-5-6-10-3-2-4-11(12(10)7-9)8-13(16,17)14(18,19)15(20,21)22/h5-7,11H,2-4,8H2,1H3/t11-/m1/s1. The summed E-state index contributed by atoms with van der Waals surface area (Å²) in [4.78, 5) is 0. The number of aryl methyl sites for hydroxylation is 2. The Morgan fingerprint density at radius 3 is 2.27 bits per heavy atom. The number of benzene rings is 1. The van der Waals surface area contributed by atoms with Gasteiger partial charge in [-0.25, -0.2) is 0 Å². The van der Waals surface area contributed by atoms with Crippen LogP contribution in [0.3, 0.4) is 0 Å². The predicted octanol–water partition coefficient (Wildman–Crippen LogP) is 5.64. The van der Waals surface area contributed by atoms with Gasteiger partial charge in [0.1, 0.15) is 0 Å². The van der Waals surface area contributed by atoms with E-state index in [0.29, 0.717) is 18.4 Å². The molecule has 1 aliphatic carbocycles. The van der Waals surface area contributed by atoms with Gasteiger partial charge in [0.15, 0.2) is 0 Å². The highest BCUT2D eigenvalue weighted by Gasteiger charge is 2.72. The first kappa shape index (κ1) is 17.1. The minimum Gasteiger partial charge on any atom is -0.199 e. The van der Waals surface area contributed by atoms with Crippen molar-refractivity contribution in [2.24, 2.45) is 0 Å². The molecule has 2 rings (SSSR count). The molecule has 0 saturated heterocycles. The Bertz CT molecular complexity index is 545. The number of fused-ring (bicyclic) bond motifs is 1. The average molecular weight is 328 g/mol. The second-order valence-corrected chi connectivity index (χ2v) is 5.77. The monoisotopic (exact) mass is 328 g/mol. The number of halogens is 7. The SMILES string of the molecule is Cc1ccc2c(c1)[C@@H](CC(F)(F)C(F)(F)C(F)(F)F)CCC2. The zero-order chi connectivity index (χ0) is 16.8. The van der Waals surface area contributed by atoms with Crippen molar-refractivity contribution < 1.29 is 30.7 Å². The second-order valence-electron chi connectivity index (χ2n) is 5.77. The third-order valence-corrected chi connectivity index (χ3v) is 4.06. The second kappa shape index (κ2) is 5.42. The van der Waals surface area contributed by atoms with Crippen LogP contribution in [0.2, 0.25) is 0 Å².